The van der Waals surface area contributed by atoms with Gasteiger partial charge in [0.1, 0.15) is 5.75 Å². The molecule has 1 heterocycles. The van der Waals surface area contributed by atoms with Crippen molar-refractivity contribution >= 4 is 27.5 Å². The molecular weight excluding hydrogens is 320 g/mol. The lowest BCUT2D eigenvalue weighted by atomic mass is 10.1. The van der Waals surface area contributed by atoms with Gasteiger partial charge in [0.25, 0.3) is 0 Å². The summed E-state index contributed by atoms with van der Waals surface area (Å²) in [6.07, 6.45) is 0. The predicted molar refractivity (Wildman–Crippen MR) is 84.8 cm³/mol. The van der Waals surface area contributed by atoms with E-state index < -0.39 is 4.32 Å². The predicted octanol–water partition coefficient (Wildman–Crippen LogP) is 2.52. The molecule has 1 aromatic rings. The number of alkyl halides is 1. The zero-order chi connectivity index (χ0) is 14.8. The molecule has 20 heavy (non-hydrogen) atoms. The number of ether oxygens (including phenoxy) is 1. The number of carbonyl (C=O) groups excluding carboxylic acids is 1. The number of amides is 1. The topological polar surface area (TPSA) is 32.8 Å². The number of para-hydroxylation sites is 2. The third-order valence-electron chi connectivity index (χ3n) is 3.50. The van der Waals surface area contributed by atoms with Crippen LogP contribution in [0.5, 0.6) is 5.75 Å². The second kappa shape index (κ2) is 6.04. The molecule has 1 amide bonds. The number of hydrogen-bond donors (Lipinski definition) is 0. The van der Waals surface area contributed by atoms with Crippen molar-refractivity contribution in [3.05, 3.63) is 24.3 Å². The van der Waals surface area contributed by atoms with Crippen molar-refractivity contribution in [3.8, 4) is 5.75 Å². The van der Waals surface area contributed by atoms with E-state index in [4.69, 9.17) is 4.74 Å². The molecule has 0 N–H and O–H groups in total. The summed E-state index contributed by atoms with van der Waals surface area (Å²) in [5, 5.41) is 0. The number of halogens is 1. The van der Waals surface area contributed by atoms with Crippen LogP contribution in [0.15, 0.2) is 24.3 Å². The largest absolute Gasteiger partial charge is 0.495 e. The molecule has 1 saturated heterocycles. The first-order chi connectivity index (χ1) is 9.43. The molecule has 0 radical (unpaired) electrons. The number of benzene rings is 1. The van der Waals surface area contributed by atoms with Crippen molar-refractivity contribution in [1.82, 2.24) is 4.90 Å². The molecule has 0 unspecified atom stereocenters. The molecular formula is C15H21BrN2O2. The quantitative estimate of drug-likeness (QED) is 0.792. The molecule has 0 spiro atoms. The normalized spacial score (nSPS) is 16.2. The summed E-state index contributed by atoms with van der Waals surface area (Å²) in [5.74, 6) is 1.03. The molecule has 1 aliphatic heterocycles. The van der Waals surface area contributed by atoms with E-state index in [1.54, 1.807) is 7.11 Å². The number of carbonyl (C=O) groups is 1. The van der Waals surface area contributed by atoms with E-state index in [2.05, 4.69) is 26.9 Å². The Morgan fingerprint density at radius 1 is 1.20 bits per heavy atom. The van der Waals surface area contributed by atoms with Crippen LogP contribution in [0.25, 0.3) is 0 Å². The Morgan fingerprint density at radius 3 is 2.35 bits per heavy atom. The number of methoxy groups -OCH3 is 1. The van der Waals surface area contributed by atoms with Gasteiger partial charge in [0.05, 0.1) is 17.1 Å². The Balaban J connectivity index is 2.03. The maximum absolute atomic E-state index is 12.2. The lowest BCUT2D eigenvalue weighted by Gasteiger charge is -2.38. The standard InChI is InChI=1S/C15H21BrN2O2/c1-15(2,16)14(19)18-10-8-17(9-11-18)12-6-4-5-7-13(12)20-3/h4-7H,8-11H2,1-3H3. The average molecular weight is 341 g/mol. The van der Waals surface area contributed by atoms with Crippen molar-refractivity contribution in [1.29, 1.82) is 0 Å². The molecule has 0 saturated carbocycles. The van der Waals surface area contributed by atoms with Crippen LogP contribution in [0.4, 0.5) is 5.69 Å². The summed E-state index contributed by atoms with van der Waals surface area (Å²) < 4.78 is 4.91. The van der Waals surface area contributed by atoms with E-state index in [-0.39, 0.29) is 5.91 Å². The van der Waals surface area contributed by atoms with E-state index in [0.717, 1.165) is 37.6 Å². The van der Waals surface area contributed by atoms with Crippen LogP contribution in [0.2, 0.25) is 0 Å². The number of hydrogen-bond acceptors (Lipinski definition) is 3. The van der Waals surface area contributed by atoms with Crippen LogP contribution < -0.4 is 9.64 Å². The zero-order valence-electron chi connectivity index (χ0n) is 12.2. The van der Waals surface area contributed by atoms with Gasteiger partial charge in [-0.1, -0.05) is 28.1 Å². The first-order valence-corrected chi connectivity index (χ1v) is 7.59. The molecule has 4 nitrogen and oxygen atoms in total. The van der Waals surface area contributed by atoms with Crippen molar-refractivity contribution in [2.45, 2.75) is 18.2 Å². The van der Waals surface area contributed by atoms with Crippen LogP contribution in [0.1, 0.15) is 13.8 Å². The number of nitrogens with zero attached hydrogens (tertiary/aromatic N) is 2. The fourth-order valence-corrected chi connectivity index (χ4v) is 2.67. The molecule has 1 fully saturated rings. The summed E-state index contributed by atoms with van der Waals surface area (Å²) in [5.41, 5.74) is 1.10. The lowest BCUT2D eigenvalue weighted by molar-refractivity contribution is -0.133. The molecule has 0 bridgehead atoms. The maximum atomic E-state index is 12.2. The van der Waals surface area contributed by atoms with E-state index in [1.165, 1.54) is 0 Å². The Bertz CT molecular complexity index is 477. The lowest BCUT2D eigenvalue weighted by Crippen LogP contribution is -2.52. The van der Waals surface area contributed by atoms with Gasteiger partial charge in [-0.2, -0.15) is 0 Å². The van der Waals surface area contributed by atoms with Crippen LogP contribution in [-0.2, 0) is 4.79 Å². The highest BCUT2D eigenvalue weighted by Gasteiger charge is 2.31. The molecule has 0 aromatic heterocycles. The number of piperazine rings is 1. The average Bonchev–Trinajstić information content (AvgIpc) is 2.45. The van der Waals surface area contributed by atoms with Gasteiger partial charge in [-0.05, 0) is 26.0 Å². The van der Waals surface area contributed by atoms with Crippen molar-refractivity contribution in [2.24, 2.45) is 0 Å². The van der Waals surface area contributed by atoms with Crippen LogP contribution in [-0.4, -0.2) is 48.4 Å². The van der Waals surface area contributed by atoms with Crippen LogP contribution in [0.3, 0.4) is 0 Å². The highest BCUT2D eigenvalue weighted by atomic mass is 79.9. The third kappa shape index (κ3) is 3.26. The summed E-state index contributed by atoms with van der Waals surface area (Å²) in [7, 11) is 1.69. The van der Waals surface area contributed by atoms with Gasteiger partial charge in [-0.3, -0.25) is 4.79 Å². The minimum Gasteiger partial charge on any atom is -0.495 e. The van der Waals surface area contributed by atoms with Gasteiger partial charge in [-0.15, -0.1) is 0 Å². The summed E-state index contributed by atoms with van der Waals surface area (Å²) >= 11 is 3.44. The monoisotopic (exact) mass is 340 g/mol. The first kappa shape index (κ1) is 15.2. The van der Waals surface area contributed by atoms with Crippen molar-refractivity contribution < 1.29 is 9.53 Å². The Labute approximate surface area is 128 Å². The van der Waals surface area contributed by atoms with Gasteiger partial charge in [0.2, 0.25) is 5.91 Å². The Kier molecular flexibility index (Phi) is 4.58. The molecule has 5 heteroatoms. The molecule has 110 valence electrons. The minimum absolute atomic E-state index is 0.150. The molecule has 2 rings (SSSR count). The van der Waals surface area contributed by atoms with Gasteiger partial charge in [-0.25, -0.2) is 0 Å². The zero-order valence-corrected chi connectivity index (χ0v) is 13.8. The van der Waals surface area contributed by atoms with Gasteiger partial charge in [0, 0.05) is 26.2 Å². The van der Waals surface area contributed by atoms with Crippen molar-refractivity contribution in [2.75, 3.05) is 38.2 Å². The number of anilines is 1. The second-order valence-corrected chi connectivity index (χ2v) is 7.41. The van der Waals surface area contributed by atoms with E-state index in [0.29, 0.717) is 0 Å². The van der Waals surface area contributed by atoms with E-state index >= 15 is 0 Å². The van der Waals surface area contributed by atoms with Crippen LogP contribution >= 0.6 is 15.9 Å². The van der Waals surface area contributed by atoms with Crippen molar-refractivity contribution in [3.63, 3.8) is 0 Å². The highest BCUT2D eigenvalue weighted by Crippen LogP contribution is 2.29. The fourth-order valence-electron chi connectivity index (χ4n) is 2.42. The SMILES string of the molecule is COc1ccccc1N1CCN(C(=O)C(C)(C)Br)CC1. The molecule has 0 atom stereocenters. The summed E-state index contributed by atoms with van der Waals surface area (Å²) in [4.78, 5) is 16.4. The minimum atomic E-state index is -0.487. The maximum Gasteiger partial charge on any atom is 0.239 e. The van der Waals surface area contributed by atoms with Gasteiger partial charge < -0.3 is 14.5 Å². The number of rotatable bonds is 3. The fraction of sp³-hybridized carbons (Fsp3) is 0.533. The van der Waals surface area contributed by atoms with E-state index in [9.17, 15) is 4.79 Å². The molecule has 1 aliphatic rings. The Hall–Kier alpha value is -1.23. The van der Waals surface area contributed by atoms with Gasteiger partial charge >= 0.3 is 0 Å². The van der Waals surface area contributed by atoms with Gasteiger partial charge in [0.15, 0.2) is 0 Å². The smallest absolute Gasteiger partial charge is 0.239 e. The third-order valence-corrected chi connectivity index (χ3v) is 3.84. The Morgan fingerprint density at radius 2 is 1.80 bits per heavy atom. The summed E-state index contributed by atoms with van der Waals surface area (Å²) in [6.45, 7) is 6.92. The second-order valence-electron chi connectivity index (χ2n) is 5.42. The van der Waals surface area contributed by atoms with E-state index in [1.807, 2.05) is 36.9 Å². The summed E-state index contributed by atoms with van der Waals surface area (Å²) in [6, 6.07) is 8.01. The molecule has 1 aromatic carbocycles. The highest BCUT2D eigenvalue weighted by molar-refractivity contribution is 9.10. The molecule has 0 aliphatic carbocycles. The van der Waals surface area contributed by atoms with Crippen LogP contribution in [0, 0.1) is 0 Å². The first-order valence-electron chi connectivity index (χ1n) is 6.79.